The fraction of sp³-hybridized carbons (Fsp3) is 0.421. The van der Waals surface area contributed by atoms with Gasteiger partial charge in [-0.2, -0.15) is 0 Å². The molecule has 0 unspecified atom stereocenters. The van der Waals surface area contributed by atoms with Crippen LogP contribution in [-0.4, -0.2) is 39.2 Å². The second-order valence-electron chi connectivity index (χ2n) is 6.00. The first kappa shape index (κ1) is 18.9. The van der Waals surface area contributed by atoms with E-state index in [0.29, 0.717) is 6.54 Å². The van der Waals surface area contributed by atoms with Crippen LogP contribution >= 0.6 is 0 Å². The van der Waals surface area contributed by atoms with Gasteiger partial charge in [0.1, 0.15) is 0 Å². The largest absolute Gasteiger partial charge is 0.465 e. The summed E-state index contributed by atoms with van der Waals surface area (Å²) in [4.78, 5) is 21.6. The molecular weight excluding hydrogens is 316 g/mol. The third-order valence-corrected chi connectivity index (χ3v) is 3.90. The summed E-state index contributed by atoms with van der Waals surface area (Å²) >= 11 is 0. The van der Waals surface area contributed by atoms with Crippen molar-refractivity contribution in [1.29, 1.82) is 0 Å². The van der Waals surface area contributed by atoms with Gasteiger partial charge in [0.25, 0.3) is 0 Å². The van der Waals surface area contributed by atoms with Crippen molar-refractivity contribution < 1.29 is 9.90 Å². The van der Waals surface area contributed by atoms with Crippen molar-refractivity contribution in [3.63, 3.8) is 0 Å². The van der Waals surface area contributed by atoms with E-state index in [2.05, 4.69) is 20.2 Å². The number of carbonyl (C=O) groups is 1. The number of unbranched alkanes of at least 4 members (excludes halogenated alkanes) is 3. The molecule has 0 aliphatic rings. The van der Waals surface area contributed by atoms with E-state index in [-0.39, 0.29) is 0 Å². The van der Waals surface area contributed by atoms with Crippen LogP contribution in [0.3, 0.4) is 0 Å². The first-order valence-electron chi connectivity index (χ1n) is 8.73. The van der Waals surface area contributed by atoms with Crippen molar-refractivity contribution >= 4 is 6.09 Å². The van der Waals surface area contributed by atoms with E-state index in [1.807, 2.05) is 48.8 Å². The van der Waals surface area contributed by atoms with E-state index in [1.165, 1.54) is 0 Å². The van der Waals surface area contributed by atoms with E-state index in [0.717, 1.165) is 56.7 Å². The Morgan fingerprint density at radius 3 is 2.04 bits per heavy atom. The minimum absolute atomic E-state index is 0.529. The molecule has 2 N–H and O–H groups in total. The van der Waals surface area contributed by atoms with Gasteiger partial charge in [-0.05, 0) is 43.7 Å². The summed E-state index contributed by atoms with van der Waals surface area (Å²) < 4.78 is 0. The van der Waals surface area contributed by atoms with Crippen LogP contribution in [0.1, 0.15) is 37.1 Å². The van der Waals surface area contributed by atoms with Crippen LogP contribution in [0, 0.1) is 0 Å². The maximum absolute atomic E-state index is 10.4. The van der Waals surface area contributed by atoms with Gasteiger partial charge in [-0.15, -0.1) is 0 Å². The number of carboxylic acid groups (broad SMARTS) is 1. The quantitative estimate of drug-likeness (QED) is 0.613. The summed E-state index contributed by atoms with van der Waals surface area (Å²) in [5.41, 5.74) is 2.12. The van der Waals surface area contributed by atoms with Gasteiger partial charge in [-0.25, -0.2) is 4.79 Å². The maximum Gasteiger partial charge on any atom is 0.404 e. The number of amides is 1. The van der Waals surface area contributed by atoms with E-state index >= 15 is 0 Å². The van der Waals surface area contributed by atoms with Crippen LogP contribution in [-0.2, 0) is 13.1 Å². The molecule has 2 heterocycles. The molecule has 25 heavy (non-hydrogen) atoms. The highest BCUT2D eigenvalue weighted by molar-refractivity contribution is 5.64. The van der Waals surface area contributed by atoms with Crippen LogP contribution in [0.25, 0.3) is 0 Å². The van der Waals surface area contributed by atoms with E-state index < -0.39 is 6.09 Å². The van der Waals surface area contributed by atoms with Crippen molar-refractivity contribution in [3.8, 4) is 0 Å². The SMILES string of the molecule is O=C(O)NCCCCCCN(Cc1ccccn1)Cc1ccccn1. The standard InChI is InChI=1S/C19H26N4O2/c24-19(25)22-13-5-1-2-8-14-23(15-17-9-3-6-11-20-17)16-18-10-4-7-12-21-18/h3-4,6-7,9-12,22H,1-2,5,8,13-16H2,(H,24,25). The molecule has 0 bridgehead atoms. The lowest BCUT2D eigenvalue weighted by Gasteiger charge is -2.21. The van der Waals surface area contributed by atoms with Crippen molar-refractivity contribution in [2.24, 2.45) is 0 Å². The highest BCUT2D eigenvalue weighted by Crippen LogP contribution is 2.09. The molecule has 0 saturated carbocycles. The Morgan fingerprint density at radius 1 is 0.920 bits per heavy atom. The summed E-state index contributed by atoms with van der Waals surface area (Å²) in [6.45, 7) is 3.11. The van der Waals surface area contributed by atoms with Crippen molar-refractivity contribution in [1.82, 2.24) is 20.2 Å². The Hall–Kier alpha value is -2.47. The van der Waals surface area contributed by atoms with Gasteiger partial charge in [0.05, 0.1) is 11.4 Å². The molecule has 0 spiro atoms. The molecule has 2 aromatic heterocycles. The summed E-state index contributed by atoms with van der Waals surface area (Å²) in [7, 11) is 0. The summed E-state index contributed by atoms with van der Waals surface area (Å²) in [6, 6.07) is 12.0. The minimum Gasteiger partial charge on any atom is -0.465 e. The van der Waals surface area contributed by atoms with E-state index in [1.54, 1.807) is 0 Å². The summed E-state index contributed by atoms with van der Waals surface area (Å²) in [5.74, 6) is 0. The molecule has 0 aromatic carbocycles. The van der Waals surface area contributed by atoms with Crippen molar-refractivity contribution in [2.45, 2.75) is 38.8 Å². The fourth-order valence-corrected chi connectivity index (χ4v) is 2.66. The monoisotopic (exact) mass is 342 g/mol. The second kappa shape index (κ2) is 11.1. The summed E-state index contributed by atoms with van der Waals surface area (Å²) in [6.07, 6.45) is 6.77. The Morgan fingerprint density at radius 2 is 1.52 bits per heavy atom. The maximum atomic E-state index is 10.4. The first-order valence-corrected chi connectivity index (χ1v) is 8.73. The van der Waals surface area contributed by atoms with Crippen LogP contribution in [0.4, 0.5) is 4.79 Å². The Bertz CT molecular complexity index is 566. The molecule has 0 aliphatic heterocycles. The summed E-state index contributed by atoms with van der Waals surface area (Å²) in [5, 5.41) is 10.9. The fourth-order valence-electron chi connectivity index (χ4n) is 2.66. The molecule has 2 rings (SSSR count). The lowest BCUT2D eigenvalue weighted by molar-refractivity contribution is 0.194. The zero-order valence-corrected chi connectivity index (χ0v) is 14.5. The molecule has 6 heteroatoms. The Kier molecular flexibility index (Phi) is 8.41. The van der Waals surface area contributed by atoms with Crippen LogP contribution in [0.5, 0.6) is 0 Å². The molecular formula is C19H26N4O2. The van der Waals surface area contributed by atoms with Crippen molar-refractivity contribution in [2.75, 3.05) is 13.1 Å². The second-order valence-corrected chi connectivity index (χ2v) is 6.00. The smallest absolute Gasteiger partial charge is 0.404 e. The molecule has 134 valence electrons. The number of rotatable bonds is 11. The number of hydrogen-bond acceptors (Lipinski definition) is 4. The van der Waals surface area contributed by atoms with Gasteiger partial charge >= 0.3 is 6.09 Å². The normalized spacial score (nSPS) is 10.8. The van der Waals surface area contributed by atoms with Gasteiger partial charge in [-0.1, -0.05) is 25.0 Å². The lowest BCUT2D eigenvalue weighted by Crippen LogP contribution is -2.25. The third-order valence-electron chi connectivity index (χ3n) is 3.90. The molecule has 0 fully saturated rings. The molecule has 2 aromatic rings. The average molecular weight is 342 g/mol. The number of nitrogens with zero attached hydrogens (tertiary/aromatic N) is 3. The van der Waals surface area contributed by atoms with Crippen molar-refractivity contribution in [3.05, 3.63) is 60.2 Å². The van der Waals surface area contributed by atoms with Gasteiger partial charge in [0, 0.05) is 32.0 Å². The van der Waals surface area contributed by atoms with Crippen LogP contribution in [0.15, 0.2) is 48.8 Å². The number of hydrogen-bond donors (Lipinski definition) is 2. The Balaban J connectivity index is 1.77. The molecule has 6 nitrogen and oxygen atoms in total. The van der Waals surface area contributed by atoms with Gasteiger partial charge in [0.15, 0.2) is 0 Å². The predicted octanol–water partition coefficient (Wildman–Crippen LogP) is 3.31. The topological polar surface area (TPSA) is 78.4 Å². The zero-order chi connectivity index (χ0) is 17.7. The number of nitrogens with one attached hydrogen (secondary N) is 1. The third kappa shape index (κ3) is 8.26. The predicted molar refractivity (Wildman–Crippen MR) is 97.1 cm³/mol. The Labute approximate surface area is 148 Å². The highest BCUT2D eigenvalue weighted by atomic mass is 16.4. The van der Waals surface area contributed by atoms with Crippen LogP contribution in [0.2, 0.25) is 0 Å². The lowest BCUT2D eigenvalue weighted by atomic mass is 10.1. The zero-order valence-electron chi connectivity index (χ0n) is 14.5. The molecule has 0 radical (unpaired) electrons. The average Bonchev–Trinajstić information content (AvgIpc) is 2.62. The minimum atomic E-state index is -0.947. The van der Waals surface area contributed by atoms with Gasteiger partial charge < -0.3 is 10.4 Å². The van der Waals surface area contributed by atoms with Crippen LogP contribution < -0.4 is 5.32 Å². The molecule has 0 atom stereocenters. The van der Waals surface area contributed by atoms with Gasteiger partial charge in [-0.3, -0.25) is 14.9 Å². The molecule has 1 amide bonds. The van der Waals surface area contributed by atoms with Gasteiger partial charge in [0.2, 0.25) is 0 Å². The molecule has 0 saturated heterocycles. The van der Waals surface area contributed by atoms with E-state index in [4.69, 9.17) is 5.11 Å². The highest BCUT2D eigenvalue weighted by Gasteiger charge is 2.08. The first-order chi connectivity index (χ1) is 12.2. The number of pyridine rings is 2. The number of aromatic nitrogens is 2. The van der Waals surface area contributed by atoms with E-state index in [9.17, 15) is 4.79 Å². The molecule has 0 aliphatic carbocycles.